The molecule has 114 valence electrons. The molecule has 1 atom stereocenters. The van der Waals surface area contributed by atoms with E-state index in [2.05, 4.69) is 16.4 Å². The number of ether oxygens (including phenoxy) is 1. The number of para-hydroxylation sites is 1. The van der Waals surface area contributed by atoms with Crippen molar-refractivity contribution in [1.29, 1.82) is 0 Å². The monoisotopic (exact) mass is 299 g/mol. The van der Waals surface area contributed by atoms with Crippen molar-refractivity contribution in [3.05, 3.63) is 57.8 Å². The Labute approximate surface area is 128 Å². The van der Waals surface area contributed by atoms with Gasteiger partial charge >= 0.3 is 0 Å². The average Bonchev–Trinajstić information content (AvgIpc) is 2.52. The highest BCUT2D eigenvalue weighted by Gasteiger charge is 2.21. The molecule has 0 fully saturated rings. The van der Waals surface area contributed by atoms with Gasteiger partial charge in [0.15, 0.2) is 0 Å². The van der Waals surface area contributed by atoms with Crippen LogP contribution in [0.5, 0.6) is 5.75 Å². The van der Waals surface area contributed by atoms with E-state index in [4.69, 9.17) is 4.74 Å². The molecule has 0 saturated heterocycles. The van der Waals surface area contributed by atoms with Crippen molar-refractivity contribution in [1.82, 2.24) is 4.98 Å². The van der Waals surface area contributed by atoms with Gasteiger partial charge in [0, 0.05) is 18.0 Å². The van der Waals surface area contributed by atoms with Gasteiger partial charge in [0.05, 0.1) is 11.5 Å². The van der Waals surface area contributed by atoms with Crippen molar-refractivity contribution in [3.63, 3.8) is 0 Å². The fourth-order valence-corrected chi connectivity index (χ4v) is 2.69. The molecule has 2 aromatic rings. The van der Waals surface area contributed by atoms with Gasteiger partial charge in [0.2, 0.25) is 0 Å². The lowest BCUT2D eigenvalue weighted by Crippen LogP contribution is -2.21. The smallest absolute Gasteiger partial charge is 0.290 e. The molecule has 1 aliphatic rings. The van der Waals surface area contributed by atoms with E-state index in [0.717, 1.165) is 18.7 Å². The van der Waals surface area contributed by atoms with Crippen LogP contribution in [0.3, 0.4) is 0 Å². The standard InChI is InChI=1S/C16H17N3O3/c1-11-8-16(18-10-14(11)19(20)21)17-9-12-6-7-22-15-5-3-2-4-13(12)15/h2-5,8,10,12H,6-7,9H2,1H3,(H,17,18). The molecule has 6 heteroatoms. The molecule has 1 aliphatic heterocycles. The van der Waals surface area contributed by atoms with Crippen LogP contribution in [-0.2, 0) is 0 Å². The SMILES string of the molecule is Cc1cc(NCC2CCOc3ccccc32)ncc1[N+](=O)[O-]. The number of rotatable bonds is 4. The molecule has 0 saturated carbocycles. The largest absolute Gasteiger partial charge is 0.493 e. The van der Waals surface area contributed by atoms with Gasteiger partial charge in [-0.25, -0.2) is 4.98 Å². The second-order valence-electron chi connectivity index (χ2n) is 5.37. The number of nitrogens with one attached hydrogen (secondary N) is 1. The minimum atomic E-state index is -0.416. The van der Waals surface area contributed by atoms with Gasteiger partial charge < -0.3 is 10.1 Å². The van der Waals surface area contributed by atoms with E-state index in [9.17, 15) is 10.1 Å². The number of anilines is 1. The zero-order chi connectivity index (χ0) is 15.5. The molecule has 1 aromatic carbocycles. The first-order valence-corrected chi connectivity index (χ1v) is 7.22. The molecule has 6 nitrogen and oxygen atoms in total. The van der Waals surface area contributed by atoms with E-state index in [1.807, 2.05) is 18.2 Å². The molecule has 1 N–H and O–H groups in total. The van der Waals surface area contributed by atoms with Gasteiger partial charge in [0.25, 0.3) is 5.69 Å². The Bertz CT molecular complexity index is 703. The Balaban J connectivity index is 1.71. The van der Waals surface area contributed by atoms with Gasteiger partial charge in [-0.3, -0.25) is 10.1 Å². The fraction of sp³-hybridized carbons (Fsp3) is 0.312. The molecular formula is C16H17N3O3. The highest BCUT2D eigenvalue weighted by molar-refractivity contribution is 5.47. The van der Waals surface area contributed by atoms with Gasteiger partial charge in [0.1, 0.15) is 17.8 Å². The second-order valence-corrected chi connectivity index (χ2v) is 5.37. The zero-order valence-electron chi connectivity index (χ0n) is 12.3. The van der Waals surface area contributed by atoms with Crippen LogP contribution in [0.4, 0.5) is 11.5 Å². The van der Waals surface area contributed by atoms with Crippen molar-refractivity contribution in [2.45, 2.75) is 19.3 Å². The number of nitro groups is 1. The maximum absolute atomic E-state index is 10.8. The fourth-order valence-electron chi connectivity index (χ4n) is 2.69. The molecule has 1 aromatic heterocycles. The summed E-state index contributed by atoms with van der Waals surface area (Å²) in [5, 5.41) is 14.1. The first-order valence-electron chi connectivity index (χ1n) is 7.22. The summed E-state index contributed by atoms with van der Waals surface area (Å²) in [6.07, 6.45) is 2.24. The number of nitrogens with zero attached hydrogens (tertiary/aromatic N) is 2. The lowest BCUT2D eigenvalue weighted by Gasteiger charge is -2.26. The van der Waals surface area contributed by atoms with Crippen LogP contribution in [0.2, 0.25) is 0 Å². The van der Waals surface area contributed by atoms with Gasteiger partial charge in [-0.15, -0.1) is 0 Å². The van der Waals surface area contributed by atoms with Crippen molar-refractivity contribution in [2.24, 2.45) is 0 Å². The molecule has 1 unspecified atom stereocenters. The number of aryl methyl sites for hydroxylation is 1. The molecule has 0 spiro atoms. The van der Waals surface area contributed by atoms with Crippen LogP contribution in [0.1, 0.15) is 23.5 Å². The number of hydrogen-bond donors (Lipinski definition) is 1. The maximum Gasteiger partial charge on any atom is 0.290 e. The Hall–Kier alpha value is -2.63. The minimum absolute atomic E-state index is 0.0435. The first-order chi connectivity index (χ1) is 10.6. The van der Waals surface area contributed by atoms with E-state index in [1.165, 1.54) is 11.8 Å². The number of aromatic nitrogens is 1. The number of benzene rings is 1. The third-order valence-corrected chi connectivity index (χ3v) is 3.89. The summed E-state index contributed by atoms with van der Waals surface area (Å²) < 4.78 is 5.65. The van der Waals surface area contributed by atoms with Gasteiger partial charge in [-0.2, -0.15) is 0 Å². The summed E-state index contributed by atoms with van der Waals surface area (Å²) >= 11 is 0. The van der Waals surface area contributed by atoms with Crippen molar-refractivity contribution in [2.75, 3.05) is 18.5 Å². The second kappa shape index (κ2) is 6.01. The van der Waals surface area contributed by atoms with Crippen molar-refractivity contribution < 1.29 is 9.66 Å². The van der Waals surface area contributed by atoms with Crippen LogP contribution in [0.15, 0.2) is 36.5 Å². The lowest BCUT2D eigenvalue weighted by atomic mass is 9.93. The van der Waals surface area contributed by atoms with Crippen LogP contribution >= 0.6 is 0 Å². The molecule has 0 amide bonds. The minimum Gasteiger partial charge on any atom is -0.493 e. The topological polar surface area (TPSA) is 77.3 Å². The van der Waals surface area contributed by atoms with Gasteiger partial charge in [-0.05, 0) is 31.0 Å². The molecule has 0 aliphatic carbocycles. The number of hydrogen-bond acceptors (Lipinski definition) is 5. The number of fused-ring (bicyclic) bond motifs is 1. The quantitative estimate of drug-likeness (QED) is 0.692. The van der Waals surface area contributed by atoms with E-state index in [0.29, 0.717) is 23.9 Å². The molecule has 3 rings (SSSR count). The Kier molecular flexibility index (Phi) is 3.91. The Morgan fingerprint density at radius 2 is 2.27 bits per heavy atom. The first kappa shape index (κ1) is 14.3. The van der Waals surface area contributed by atoms with E-state index in [1.54, 1.807) is 13.0 Å². The molecule has 0 bridgehead atoms. The van der Waals surface area contributed by atoms with Crippen LogP contribution in [0, 0.1) is 17.0 Å². The Morgan fingerprint density at radius 1 is 1.45 bits per heavy atom. The summed E-state index contributed by atoms with van der Waals surface area (Å²) in [5.41, 5.74) is 1.84. The number of pyridine rings is 1. The van der Waals surface area contributed by atoms with E-state index < -0.39 is 4.92 Å². The highest BCUT2D eigenvalue weighted by Crippen LogP contribution is 2.33. The third kappa shape index (κ3) is 2.86. The van der Waals surface area contributed by atoms with Crippen molar-refractivity contribution in [3.8, 4) is 5.75 Å². The van der Waals surface area contributed by atoms with Crippen LogP contribution in [-0.4, -0.2) is 23.1 Å². The van der Waals surface area contributed by atoms with Crippen molar-refractivity contribution >= 4 is 11.5 Å². The molecule has 2 heterocycles. The lowest BCUT2D eigenvalue weighted by molar-refractivity contribution is -0.385. The average molecular weight is 299 g/mol. The van der Waals surface area contributed by atoms with E-state index in [-0.39, 0.29) is 5.69 Å². The van der Waals surface area contributed by atoms with Crippen LogP contribution in [0.25, 0.3) is 0 Å². The predicted molar refractivity (Wildman–Crippen MR) is 83.4 cm³/mol. The summed E-state index contributed by atoms with van der Waals surface area (Å²) in [5.74, 6) is 1.95. The molecule has 22 heavy (non-hydrogen) atoms. The van der Waals surface area contributed by atoms with E-state index >= 15 is 0 Å². The highest BCUT2D eigenvalue weighted by atomic mass is 16.6. The Morgan fingerprint density at radius 3 is 3.05 bits per heavy atom. The summed E-state index contributed by atoms with van der Waals surface area (Å²) in [7, 11) is 0. The molecule has 0 radical (unpaired) electrons. The summed E-state index contributed by atoms with van der Waals surface area (Å²) in [6, 6.07) is 9.75. The third-order valence-electron chi connectivity index (χ3n) is 3.89. The summed E-state index contributed by atoms with van der Waals surface area (Å²) in [6.45, 7) is 3.15. The maximum atomic E-state index is 10.8. The van der Waals surface area contributed by atoms with Crippen LogP contribution < -0.4 is 10.1 Å². The molecular weight excluding hydrogens is 282 g/mol. The van der Waals surface area contributed by atoms with Gasteiger partial charge in [-0.1, -0.05) is 18.2 Å². The zero-order valence-corrected chi connectivity index (χ0v) is 12.3. The normalized spacial score (nSPS) is 16.5. The predicted octanol–water partition coefficient (Wildman–Crippen LogP) is 3.28. The summed E-state index contributed by atoms with van der Waals surface area (Å²) in [4.78, 5) is 14.5.